The van der Waals surface area contributed by atoms with Crippen LogP contribution in [0.25, 0.3) is 0 Å². The third-order valence-corrected chi connectivity index (χ3v) is 3.39. The van der Waals surface area contributed by atoms with Gasteiger partial charge in [0.1, 0.15) is 0 Å². The maximum absolute atomic E-state index is 12.2. The predicted octanol–water partition coefficient (Wildman–Crippen LogP) is 3.90. The zero-order valence-corrected chi connectivity index (χ0v) is 12.4. The number of hydrogen-bond donors (Lipinski definition) is 2. The summed E-state index contributed by atoms with van der Waals surface area (Å²) in [5.74, 6) is -0.201. The van der Waals surface area contributed by atoms with Gasteiger partial charge < -0.3 is 11.1 Å². The van der Waals surface area contributed by atoms with Crippen LogP contribution in [0.4, 0.5) is 11.4 Å². The molecular formula is C15H15BrN2O. The third-order valence-electron chi connectivity index (χ3n) is 2.90. The van der Waals surface area contributed by atoms with E-state index >= 15 is 0 Å². The Morgan fingerprint density at radius 1 is 1.16 bits per heavy atom. The Kier molecular flexibility index (Phi) is 3.90. The summed E-state index contributed by atoms with van der Waals surface area (Å²) in [5, 5.41) is 2.90. The van der Waals surface area contributed by atoms with Gasteiger partial charge in [-0.05, 0) is 49.2 Å². The van der Waals surface area contributed by atoms with Gasteiger partial charge in [-0.2, -0.15) is 0 Å². The van der Waals surface area contributed by atoms with E-state index in [2.05, 4.69) is 21.2 Å². The summed E-state index contributed by atoms with van der Waals surface area (Å²) in [6.45, 7) is 3.95. The quantitative estimate of drug-likeness (QED) is 0.825. The lowest BCUT2D eigenvalue weighted by atomic mass is 10.1. The van der Waals surface area contributed by atoms with Crippen LogP contribution in [0.15, 0.2) is 40.9 Å². The normalized spacial score (nSPS) is 10.3. The number of amides is 1. The molecule has 0 aromatic heterocycles. The van der Waals surface area contributed by atoms with Crippen molar-refractivity contribution >= 4 is 33.2 Å². The first kappa shape index (κ1) is 13.6. The highest BCUT2D eigenvalue weighted by atomic mass is 79.9. The number of nitrogens with two attached hydrogens (primary N) is 1. The van der Waals surface area contributed by atoms with Crippen LogP contribution < -0.4 is 11.1 Å². The SMILES string of the molecule is Cc1ccc(C)c(NC(=O)c2cc(Br)ccc2N)c1. The van der Waals surface area contributed by atoms with Crippen LogP contribution in [0, 0.1) is 13.8 Å². The lowest BCUT2D eigenvalue weighted by Crippen LogP contribution is -2.14. The predicted molar refractivity (Wildman–Crippen MR) is 82.4 cm³/mol. The molecule has 2 aromatic rings. The first-order valence-electron chi connectivity index (χ1n) is 5.91. The molecular weight excluding hydrogens is 304 g/mol. The topological polar surface area (TPSA) is 55.1 Å². The number of carbonyl (C=O) groups excluding carboxylic acids is 1. The molecule has 0 bridgehead atoms. The summed E-state index contributed by atoms with van der Waals surface area (Å²) in [6, 6.07) is 11.2. The molecule has 0 unspecified atom stereocenters. The summed E-state index contributed by atoms with van der Waals surface area (Å²) < 4.78 is 0.827. The Morgan fingerprint density at radius 3 is 2.63 bits per heavy atom. The summed E-state index contributed by atoms with van der Waals surface area (Å²) in [6.07, 6.45) is 0. The number of nitrogens with one attached hydrogen (secondary N) is 1. The first-order chi connectivity index (χ1) is 8.97. The second kappa shape index (κ2) is 5.45. The van der Waals surface area contributed by atoms with Crippen molar-refractivity contribution < 1.29 is 4.79 Å². The van der Waals surface area contributed by atoms with Crippen LogP contribution >= 0.6 is 15.9 Å². The highest BCUT2D eigenvalue weighted by molar-refractivity contribution is 9.10. The molecule has 0 heterocycles. The summed E-state index contributed by atoms with van der Waals surface area (Å²) in [7, 11) is 0. The minimum Gasteiger partial charge on any atom is -0.398 e. The zero-order chi connectivity index (χ0) is 14.0. The second-order valence-corrected chi connectivity index (χ2v) is 5.42. The average molecular weight is 319 g/mol. The number of anilines is 2. The number of halogens is 1. The molecule has 2 aromatic carbocycles. The van der Waals surface area contributed by atoms with Crippen molar-refractivity contribution in [3.8, 4) is 0 Å². The molecule has 3 nitrogen and oxygen atoms in total. The van der Waals surface area contributed by atoms with E-state index in [9.17, 15) is 4.79 Å². The third kappa shape index (κ3) is 3.15. The van der Waals surface area contributed by atoms with Gasteiger partial charge in [-0.3, -0.25) is 4.79 Å². The average Bonchev–Trinajstić information content (AvgIpc) is 2.36. The van der Waals surface area contributed by atoms with Crippen LogP contribution in [0.2, 0.25) is 0 Å². The molecule has 0 saturated carbocycles. The van der Waals surface area contributed by atoms with Gasteiger partial charge in [0.2, 0.25) is 0 Å². The Morgan fingerprint density at radius 2 is 1.89 bits per heavy atom. The maximum atomic E-state index is 12.2. The fourth-order valence-corrected chi connectivity index (χ4v) is 2.15. The Bertz CT molecular complexity index is 638. The van der Waals surface area contributed by atoms with Crippen LogP contribution in [-0.2, 0) is 0 Å². The van der Waals surface area contributed by atoms with E-state index in [0.29, 0.717) is 11.3 Å². The molecule has 1 amide bonds. The first-order valence-corrected chi connectivity index (χ1v) is 6.70. The second-order valence-electron chi connectivity index (χ2n) is 4.50. The minimum atomic E-state index is -0.201. The van der Waals surface area contributed by atoms with E-state index in [1.54, 1.807) is 12.1 Å². The molecule has 0 radical (unpaired) electrons. The highest BCUT2D eigenvalue weighted by Crippen LogP contribution is 2.22. The molecule has 0 aliphatic carbocycles. The van der Waals surface area contributed by atoms with Crippen molar-refractivity contribution in [2.75, 3.05) is 11.1 Å². The molecule has 0 spiro atoms. The van der Waals surface area contributed by atoms with Crippen molar-refractivity contribution in [3.05, 3.63) is 57.6 Å². The van der Waals surface area contributed by atoms with Crippen molar-refractivity contribution in [2.45, 2.75) is 13.8 Å². The van der Waals surface area contributed by atoms with Gasteiger partial charge in [0.05, 0.1) is 5.56 Å². The Hall–Kier alpha value is -1.81. The standard InChI is InChI=1S/C15H15BrN2O/c1-9-3-4-10(2)14(7-9)18-15(19)12-8-11(16)5-6-13(12)17/h3-8H,17H2,1-2H3,(H,18,19). The van der Waals surface area contributed by atoms with Gasteiger partial charge >= 0.3 is 0 Å². The Labute approximate surface area is 121 Å². The number of hydrogen-bond acceptors (Lipinski definition) is 2. The van der Waals surface area contributed by atoms with Gasteiger partial charge in [-0.1, -0.05) is 28.1 Å². The van der Waals surface area contributed by atoms with Crippen molar-refractivity contribution in [1.29, 1.82) is 0 Å². The van der Waals surface area contributed by atoms with Gasteiger partial charge in [0.15, 0.2) is 0 Å². The number of carbonyl (C=O) groups is 1. The van der Waals surface area contributed by atoms with E-state index < -0.39 is 0 Å². The highest BCUT2D eigenvalue weighted by Gasteiger charge is 2.11. The van der Waals surface area contributed by atoms with Gasteiger partial charge in [-0.25, -0.2) is 0 Å². The van der Waals surface area contributed by atoms with Gasteiger partial charge in [0.25, 0.3) is 5.91 Å². The van der Waals surface area contributed by atoms with Crippen LogP contribution in [0.3, 0.4) is 0 Å². The van der Waals surface area contributed by atoms with E-state index in [4.69, 9.17) is 5.73 Å². The monoisotopic (exact) mass is 318 g/mol. The van der Waals surface area contributed by atoms with Gasteiger partial charge in [0, 0.05) is 15.8 Å². The zero-order valence-electron chi connectivity index (χ0n) is 10.8. The van der Waals surface area contributed by atoms with Gasteiger partial charge in [-0.15, -0.1) is 0 Å². The van der Waals surface area contributed by atoms with E-state index in [0.717, 1.165) is 21.3 Å². The molecule has 0 aliphatic rings. The molecule has 4 heteroatoms. The molecule has 3 N–H and O–H groups in total. The number of rotatable bonds is 2. The smallest absolute Gasteiger partial charge is 0.257 e. The fraction of sp³-hybridized carbons (Fsp3) is 0.133. The molecule has 0 aliphatic heterocycles. The van der Waals surface area contributed by atoms with E-state index in [-0.39, 0.29) is 5.91 Å². The molecule has 19 heavy (non-hydrogen) atoms. The molecule has 0 fully saturated rings. The minimum absolute atomic E-state index is 0.201. The molecule has 2 rings (SSSR count). The largest absolute Gasteiger partial charge is 0.398 e. The van der Waals surface area contributed by atoms with Crippen molar-refractivity contribution in [1.82, 2.24) is 0 Å². The van der Waals surface area contributed by atoms with Crippen molar-refractivity contribution in [2.24, 2.45) is 0 Å². The Balaban J connectivity index is 2.30. The summed E-state index contributed by atoms with van der Waals surface area (Å²) in [5.41, 5.74) is 9.69. The van der Waals surface area contributed by atoms with Crippen LogP contribution in [0.5, 0.6) is 0 Å². The van der Waals surface area contributed by atoms with E-state index in [1.807, 2.05) is 38.1 Å². The lowest BCUT2D eigenvalue weighted by Gasteiger charge is -2.11. The van der Waals surface area contributed by atoms with Crippen LogP contribution in [0.1, 0.15) is 21.5 Å². The number of benzene rings is 2. The number of nitrogen functional groups attached to an aromatic ring is 1. The lowest BCUT2D eigenvalue weighted by molar-refractivity contribution is 0.102. The maximum Gasteiger partial charge on any atom is 0.257 e. The van der Waals surface area contributed by atoms with E-state index in [1.165, 1.54) is 0 Å². The molecule has 0 saturated heterocycles. The fourth-order valence-electron chi connectivity index (χ4n) is 1.79. The van der Waals surface area contributed by atoms with Crippen LogP contribution in [-0.4, -0.2) is 5.91 Å². The van der Waals surface area contributed by atoms with Crippen molar-refractivity contribution in [3.63, 3.8) is 0 Å². The molecule has 0 atom stereocenters. The summed E-state index contributed by atoms with van der Waals surface area (Å²) in [4.78, 5) is 12.2. The summed E-state index contributed by atoms with van der Waals surface area (Å²) >= 11 is 3.34. The molecule has 98 valence electrons. The number of aryl methyl sites for hydroxylation is 2.